The summed E-state index contributed by atoms with van der Waals surface area (Å²) in [6.07, 6.45) is 4.97. The third kappa shape index (κ3) is 3.72. The molecule has 0 aliphatic rings. The minimum Gasteiger partial charge on any atom is -0.467 e. The van der Waals surface area contributed by atoms with E-state index in [9.17, 15) is 10.1 Å². The molecule has 4 aromatic heterocycles. The fourth-order valence-corrected chi connectivity index (χ4v) is 3.58. The molecular weight excluding hydrogens is 390 g/mol. The molecule has 1 amide bonds. The number of carbonyl (C=O) groups is 1. The second-order valence-corrected chi connectivity index (χ2v) is 7.25. The fourth-order valence-electron chi connectivity index (χ4n) is 2.96. The molecular formula is C19H17N7O2S. The highest BCUT2D eigenvalue weighted by Crippen LogP contribution is 2.28. The van der Waals surface area contributed by atoms with Gasteiger partial charge in [-0.3, -0.25) is 4.79 Å². The lowest BCUT2D eigenvalue weighted by Crippen LogP contribution is -2.18. The van der Waals surface area contributed by atoms with Crippen LogP contribution in [-0.2, 0) is 11.3 Å². The van der Waals surface area contributed by atoms with Crippen LogP contribution in [0.1, 0.15) is 22.6 Å². The summed E-state index contributed by atoms with van der Waals surface area (Å²) in [5.41, 5.74) is 2.17. The summed E-state index contributed by atoms with van der Waals surface area (Å²) in [6, 6.07) is 7.60. The minimum absolute atomic E-state index is 0.103. The molecule has 146 valence electrons. The molecule has 4 heterocycles. The van der Waals surface area contributed by atoms with Gasteiger partial charge in [-0.2, -0.15) is 10.2 Å². The number of aromatic nitrogens is 5. The molecule has 29 heavy (non-hydrogen) atoms. The van der Waals surface area contributed by atoms with E-state index in [2.05, 4.69) is 26.5 Å². The summed E-state index contributed by atoms with van der Waals surface area (Å²) in [5.74, 6) is 1.52. The van der Waals surface area contributed by atoms with E-state index in [1.54, 1.807) is 35.3 Å². The lowest BCUT2D eigenvalue weighted by Gasteiger charge is -2.11. The van der Waals surface area contributed by atoms with Crippen molar-refractivity contribution in [2.24, 2.45) is 0 Å². The first kappa shape index (κ1) is 18.8. The number of furan rings is 1. The van der Waals surface area contributed by atoms with Crippen molar-refractivity contribution in [3.05, 3.63) is 59.4 Å². The largest absolute Gasteiger partial charge is 0.467 e. The summed E-state index contributed by atoms with van der Waals surface area (Å²) in [5, 5.41) is 17.2. The van der Waals surface area contributed by atoms with Crippen molar-refractivity contribution in [3.63, 3.8) is 0 Å². The number of carbonyl (C=O) groups excluding carboxylic acids is 1. The predicted molar refractivity (Wildman–Crippen MR) is 107 cm³/mol. The van der Waals surface area contributed by atoms with Gasteiger partial charge < -0.3 is 14.3 Å². The highest BCUT2D eigenvalue weighted by atomic mass is 32.2. The van der Waals surface area contributed by atoms with E-state index >= 15 is 0 Å². The van der Waals surface area contributed by atoms with Crippen LogP contribution in [0.25, 0.3) is 5.78 Å². The maximum atomic E-state index is 12.6. The smallest absolute Gasteiger partial charge is 0.253 e. The van der Waals surface area contributed by atoms with Gasteiger partial charge in [0.25, 0.3) is 5.78 Å². The van der Waals surface area contributed by atoms with Crippen LogP contribution in [0.4, 0.5) is 5.82 Å². The third-order valence-electron chi connectivity index (χ3n) is 4.52. The first-order valence-electron chi connectivity index (χ1n) is 8.79. The molecule has 0 bridgehead atoms. The molecule has 0 unspecified atom stereocenters. The Morgan fingerprint density at radius 2 is 2.24 bits per heavy atom. The summed E-state index contributed by atoms with van der Waals surface area (Å²) in [6.45, 7) is 4.20. The van der Waals surface area contributed by atoms with Gasteiger partial charge in [0.1, 0.15) is 17.6 Å². The Kier molecular flexibility index (Phi) is 5.05. The van der Waals surface area contributed by atoms with E-state index in [0.717, 1.165) is 17.0 Å². The van der Waals surface area contributed by atoms with Crippen molar-refractivity contribution in [1.29, 1.82) is 5.26 Å². The Morgan fingerprint density at radius 3 is 2.97 bits per heavy atom. The van der Waals surface area contributed by atoms with Crippen LogP contribution in [-0.4, -0.2) is 35.8 Å². The highest BCUT2D eigenvalue weighted by Gasteiger charge is 2.20. The van der Waals surface area contributed by atoms with Crippen molar-refractivity contribution in [2.45, 2.75) is 25.5 Å². The van der Waals surface area contributed by atoms with Gasteiger partial charge in [-0.1, -0.05) is 11.8 Å². The van der Waals surface area contributed by atoms with E-state index in [4.69, 9.17) is 4.42 Å². The minimum atomic E-state index is -0.253. The molecule has 0 spiro atoms. The number of anilines is 1. The zero-order chi connectivity index (χ0) is 20.4. The van der Waals surface area contributed by atoms with Crippen LogP contribution in [0.2, 0.25) is 0 Å². The van der Waals surface area contributed by atoms with Gasteiger partial charge in [0.05, 0.1) is 24.1 Å². The zero-order valence-electron chi connectivity index (χ0n) is 15.8. The van der Waals surface area contributed by atoms with Crippen molar-refractivity contribution in [3.8, 4) is 6.07 Å². The molecule has 0 aliphatic carbocycles. The van der Waals surface area contributed by atoms with Gasteiger partial charge in [0, 0.05) is 18.1 Å². The second kappa shape index (κ2) is 7.81. The summed E-state index contributed by atoms with van der Waals surface area (Å²) >= 11 is 1.20. The lowest BCUT2D eigenvalue weighted by molar-refractivity contribution is -0.113. The maximum absolute atomic E-state index is 12.6. The standard InChI is InChI=1S/C19H17N7O2S/c1-12-13(2)25(10-14-5-3-8-28-14)17(15(12)9-20)22-16(27)11-29-19-23-18-21-6-4-7-26(18)24-19/h3-8H,10-11H2,1-2H3,(H,22,27). The molecule has 0 aromatic carbocycles. The molecule has 4 rings (SSSR count). The Bertz CT molecular complexity index is 1180. The molecule has 0 fully saturated rings. The van der Waals surface area contributed by atoms with Crippen LogP contribution in [0.5, 0.6) is 0 Å². The van der Waals surface area contributed by atoms with Gasteiger partial charge in [0.2, 0.25) is 11.1 Å². The molecule has 0 saturated heterocycles. The van der Waals surface area contributed by atoms with Gasteiger partial charge in [0.15, 0.2) is 0 Å². The number of nitrogens with one attached hydrogen (secondary N) is 1. The normalized spacial score (nSPS) is 10.9. The van der Waals surface area contributed by atoms with Gasteiger partial charge in [-0.25, -0.2) is 9.50 Å². The van der Waals surface area contributed by atoms with Crippen molar-refractivity contribution in [1.82, 2.24) is 24.1 Å². The summed E-state index contributed by atoms with van der Waals surface area (Å²) < 4.78 is 8.85. The number of rotatable bonds is 6. The van der Waals surface area contributed by atoms with Crippen LogP contribution < -0.4 is 5.32 Å². The van der Waals surface area contributed by atoms with Crippen LogP contribution >= 0.6 is 11.8 Å². The van der Waals surface area contributed by atoms with Gasteiger partial charge in [-0.05, 0) is 37.6 Å². The van der Waals surface area contributed by atoms with Crippen LogP contribution in [0.15, 0.2) is 46.4 Å². The maximum Gasteiger partial charge on any atom is 0.253 e. The predicted octanol–water partition coefficient (Wildman–Crippen LogP) is 2.79. The fraction of sp³-hybridized carbons (Fsp3) is 0.211. The van der Waals surface area contributed by atoms with Crippen molar-refractivity contribution < 1.29 is 9.21 Å². The number of fused-ring (bicyclic) bond motifs is 1. The highest BCUT2D eigenvalue weighted by molar-refractivity contribution is 7.99. The molecule has 4 aromatic rings. The molecule has 0 saturated carbocycles. The van der Waals surface area contributed by atoms with E-state index < -0.39 is 0 Å². The molecule has 0 atom stereocenters. The Morgan fingerprint density at radius 1 is 1.38 bits per heavy atom. The summed E-state index contributed by atoms with van der Waals surface area (Å²) in [4.78, 5) is 21.0. The Balaban J connectivity index is 1.52. The zero-order valence-corrected chi connectivity index (χ0v) is 16.6. The number of nitriles is 1. The van der Waals surface area contributed by atoms with Crippen molar-refractivity contribution >= 4 is 29.3 Å². The Hall–Kier alpha value is -3.58. The number of hydrogen-bond acceptors (Lipinski definition) is 7. The SMILES string of the molecule is Cc1c(C#N)c(NC(=O)CSc2nc3ncccn3n2)n(Cc2ccco2)c1C. The number of hydrogen-bond donors (Lipinski definition) is 1. The van der Waals surface area contributed by atoms with Crippen LogP contribution in [0, 0.1) is 25.2 Å². The van der Waals surface area contributed by atoms with E-state index in [1.807, 2.05) is 24.5 Å². The first-order chi connectivity index (χ1) is 14.1. The lowest BCUT2D eigenvalue weighted by atomic mass is 10.2. The van der Waals surface area contributed by atoms with Gasteiger partial charge >= 0.3 is 0 Å². The average molecular weight is 407 g/mol. The number of nitrogens with zero attached hydrogens (tertiary/aromatic N) is 6. The number of thioether (sulfide) groups is 1. The van der Waals surface area contributed by atoms with E-state index in [1.165, 1.54) is 11.8 Å². The number of amides is 1. The van der Waals surface area contributed by atoms with E-state index in [-0.39, 0.29) is 11.7 Å². The molecule has 9 nitrogen and oxygen atoms in total. The van der Waals surface area contributed by atoms with Crippen LogP contribution in [0.3, 0.4) is 0 Å². The van der Waals surface area contributed by atoms with E-state index in [0.29, 0.717) is 28.9 Å². The second-order valence-electron chi connectivity index (χ2n) is 6.31. The molecule has 0 aliphatic heterocycles. The topological polar surface area (TPSA) is 114 Å². The molecule has 1 N–H and O–H groups in total. The monoisotopic (exact) mass is 407 g/mol. The molecule has 10 heteroatoms. The third-order valence-corrected chi connectivity index (χ3v) is 5.36. The quantitative estimate of drug-likeness (QED) is 0.489. The Labute approximate surface area is 170 Å². The summed E-state index contributed by atoms with van der Waals surface area (Å²) in [7, 11) is 0. The van der Waals surface area contributed by atoms with Crippen molar-refractivity contribution in [2.75, 3.05) is 11.1 Å². The van der Waals surface area contributed by atoms with Gasteiger partial charge in [-0.15, -0.1) is 5.10 Å². The average Bonchev–Trinajstić information content (AvgIpc) is 3.42. The first-order valence-corrected chi connectivity index (χ1v) is 9.77. The molecule has 0 radical (unpaired) electrons.